The number of rotatable bonds is 8. The largest absolute Gasteiger partial charge is 0.458 e. The lowest BCUT2D eigenvalue weighted by atomic mass is 9.80. The van der Waals surface area contributed by atoms with Gasteiger partial charge >= 0.3 is 72.5 Å². The summed E-state index contributed by atoms with van der Waals surface area (Å²) in [5.41, 5.74) is -6.50. The molecule has 8 aliphatic heterocycles. The van der Waals surface area contributed by atoms with Crippen LogP contribution >= 0.6 is 11.8 Å². The van der Waals surface area contributed by atoms with Gasteiger partial charge in [-0.3, -0.25) is 19.2 Å². The van der Waals surface area contributed by atoms with Crippen LogP contribution < -0.4 is 0 Å². The van der Waals surface area contributed by atoms with Gasteiger partial charge in [-0.15, -0.1) is 11.8 Å². The minimum absolute atomic E-state index is 0.0190. The predicted molar refractivity (Wildman–Crippen MR) is 228 cm³/mol. The second-order valence-corrected chi connectivity index (χ2v) is 22.7. The molecule has 0 spiro atoms. The van der Waals surface area contributed by atoms with Crippen LogP contribution in [0.2, 0.25) is 0 Å². The molecule has 0 aromatic heterocycles. The Labute approximate surface area is 436 Å². The van der Waals surface area contributed by atoms with Crippen LogP contribution in [-0.2, 0) is 81.0 Å². The third-order valence-corrected chi connectivity index (χ3v) is 18.4. The number of thioether (sulfide) groups is 1. The molecule has 17 nitrogen and oxygen atoms in total. The molecule has 0 N–H and O–H groups in total. The molecule has 20 unspecified atom stereocenters. The summed E-state index contributed by atoms with van der Waals surface area (Å²) in [5, 5.41) is -0.272. The quantitative estimate of drug-likeness (QED) is 0.118. The van der Waals surface area contributed by atoms with Gasteiger partial charge in [-0.1, -0.05) is 40.2 Å². The number of carbonyl (C=O) groups excluding carboxylic acids is 8. The molecule has 428 valence electrons. The standard InChI is InChI=1S/C14H15F3O4.C12H11F3O4.C11H9F3O5.C11H9F3O4S/c1-5(14(15,16)17)11(18)20-9-7-4-6-8(13(7,2)3)10(9)21-12(6)19;1-4(12(13,14)15)10(16)18-8-5-2-6-7(3-5)11(17)19-9(6)8;1-3(11(12,13)14)9(15)18-7-5-2-4-6(17-5)8(7)19-10(4)16;1-3(11(12,13)14)9(15)17-6-5-2-4-8(19-5)7(6)18-10(4)16/h6-10H,1,4H2,2-3H3;5-9H,1-3H2;2*4-8H,1-2H2. The second kappa shape index (κ2) is 19.2. The molecule has 0 amide bonds. The van der Waals surface area contributed by atoms with Gasteiger partial charge in [0.15, 0.2) is 24.4 Å². The number of halogens is 12. The normalized spacial score (nSPS) is 39.3. The molecule has 8 bridgehead atoms. The first-order chi connectivity index (χ1) is 35.9. The molecule has 12 aliphatic rings. The number of esters is 8. The minimum Gasteiger partial charge on any atom is -0.458 e. The third-order valence-electron chi connectivity index (χ3n) is 16.7. The van der Waals surface area contributed by atoms with Gasteiger partial charge in [-0.2, -0.15) is 52.7 Å². The Hall–Kier alpha value is -5.81. The fraction of sp³-hybridized carbons (Fsp3) is 0.667. The van der Waals surface area contributed by atoms with Gasteiger partial charge in [-0.25, -0.2) is 19.2 Å². The lowest BCUT2D eigenvalue weighted by molar-refractivity contribution is -0.166. The van der Waals surface area contributed by atoms with Gasteiger partial charge in [0.2, 0.25) is 0 Å². The Kier molecular flexibility index (Phi) is 14.0. The molecule has 30 heteroatoms. The molecule has 8 saturated heterocycles. The Morgan fingerprint density at radius 3 is 1.46 bits per heavy atom. The monoisotopic (exact) mass is 1150 g/mol. The van der Waals surface area contributed by atoms with E-state index in [0.717, 1.165) is 0 Å². The summed E-state index contributed by atoms with van der Waals surface area (Å²) in [6.45, 7) is 14.7. The minimum atomic E-state index is -4.84. The molecular weight excluding hydrogens is 1110 g/mol. The molecule has 4 saturated carbocycles. The highest BCUT2D eigenvalue weighted by Gasteiger charge is 2.72. The summed E-state index contributed by atoms with van der Waals surface area (Å²) < 4.78 is 193. The first-order valence-electron chi connectivity index (χ1n) is 23.9. The highest BCUT2D eigenvalue weighted by atomic mass is 32.2. The van der Waals surface area contributed by atoms with E-state index < -0.39 is 144 Å². The molecule has 78 heavy (non-hydrogen) atoms. The highest BCUT2D eigenvalue weighted by Crippen LogP contribution is 2.65. The van der Waals surface area contributed by atoms with Gasteiger partial charge in [-0.05, 0) is 37.5 Å². The van der Waals surface area contributed by atoms with E-state index in [-0.39, 0.29) is 75.2 Å². The summed E-state index contributed by atoms with van der Waals surface area (Å²) >= 11 is 1.45. The van der Waals surface area contributed by atoms with Gasteiger partial charge in [0.1, 0.15) is 52.8 Å². The van der Waals surface area contributed by atoms with Crippen LogP contribution in [-0.4, -0.2) is 144 Å². The van der Waals surface area contributed by atoms with Crippen LogP contribution in [0.25, 0.3) is 0 Å². The van der Waals surface area contributed by atoms with Crippen molar-refractivity contribution in [2.75, 3.05) is 0 Å². The van der Waals surface area contributed by atoms with Crippen molar-refractivity contribution in [1.29, 1.82) is 0 Å². The zero-order chi connectivity index (χ0) is 57.6. The van der Waals surface area contributed by atoms with Crippen LogP contribution in [0.3, 0.4) is 0 Å². The number of alkyl halides is 12. The fourth-order valence-electron chi connectivity index (χ4n) is 13.0. The van der Waals surface area contributed by atoms with E-state index in [0.29, 0.717) is 32.1 Å². The average Bonchev–Trinajstić information content (AvgIpc) is 4.37. The van der Waals surface area contributed by atoms with Gasteiger partial charge in [0.05, 0.1) is 35.0 Å². The van der Waals surface area contributed by atoms with E-state index >= 15 is 0 Å². The molecular formula is C48H44F12O17S. The zero-order valence-electron chi connectivity index (χ0n) is 40.3. The van der Waals surface area contributed by atoms with Crippen molar-refractivity contribution in [2.45, 2.75) is 142 Å². The molecule has 12 fully saturated rings. The third kappa shape index (κ3) is 9.69. The molecule has 12 rings (SSSR count). The van der Waals surface area contributed by atoms with Crippen LogP contribution in [0.15, 0.2) is 48.6 Å². The van der Waals surface area contributed by atoms with E-state index in [1.165, 1.54) is 11.8 Å². The summed E-state index contributed by atoms with van der Waals surface area (Å²) in [6.07, 6.45) is -23.9. The number of hydrogen-bond acceptors (Lipinski definition) is 18. The fourth-order valence-corrected chi connectivity index (χ4v) is 14.8. The maximum Gasteiger partial charge on any atom is 0.422 e. The molecule has 8 heterocycles. The smallest absolute Gasteiger partial charge is 0.422 e. The predicted octanol–water partition coefficient (Wildman–Crippen LogP) is 6.01. The summed E-state index contributed by atoms with van der Waals surface area (Å²) in [4.78, 5) is 91.8. The second-order valence-electron chi connectivity index (χ2n) is 21.3. The maximum atomic E-state index is 12.5. The van der Waals surface area contributed by atoms with Gasteiger partial charge in [0.25, 0.3) is 0 Å². The first-order valence-corrected chi connectivity index (χ1v) is 24.9. The van der Waals surface area contributed by atoms with Crippen LogP contribution in [0.5, 0.6) is 0 Å². The van der Waals surface area contributed by atoms with Crippen molar-refractivity contribution >= 4 is 59.5 Å². The Morgan fingerprint density at radius 1 is 0.487 bits per heavy atom. The van der Waals surface area contributed by atoms with Crippen LogP contribution in [0.4, 0.5) is 52.7 Å². The maximum absolute atomic E-state index is 12.5. The Bertz CT molecular complexity index is 2460. The van der Waals surface area contributed by atoms with Gasteiger partial charge < -0.3 is 42.6 Å². The first kappa shape index (κ1) is 56.9. The SMILES string of the molecule is C=C(C(=O)OC1C2CC3C(=O)OC1C3C2)C(F)(F)F.C=C(C(=O)OC1C2CC3C(=O)OC1C3O2)C(F)(F)F.C=C(C(=O)OC1C2CC3C(=O)OC1C3S2)C(F)(F)F.C=C(C(=O)OC1C2OC(=O)C3CC1C(C)(C)C32)C(F)(F)F. The van der Waals surface area contributed by atoms with Crippen LogP contribution in [0.1, 0.15) is 46.0 Å². The Balaban J connectivity index is 0.000000127. The van der Waals surface area contributed by atoms with E-state index in [1.54, 1.807) is 0 Å². The summed E-state index contributed by atoms with van der Waals surface area (Å²) in [7, 11) is 0. The Morgan fingerprint density at radius 2 is 0.923 bits per heavy atom. The molecule has 20 atom stereocenters. The van der Waals surface area contributed by atoms with E-state index in [4.69, 9.17) is 42.6 Å². The number of ether oxygens (including phenoxy) is 9. The van der Waals surface area contributed by atoms with Crippen molar-refractivity contribution in [3.63, 3.8) is 0 Å². The zero-order valence-corrected chi connectivity index (χ0v) is 41.1. The van der Waals surface area contributed by atoms with Crippen LogP contribution in [0, 0.1) is 52.8 Å². The summed E-state index contributed by atoms with van der Waals surface area (Å²) in [5.74, 6) is -8.88. The number of hydrogen-bond donors (Lipinski definition) is 0. The average molecular weight is 1150 g/mol. The number of fused-ring (bicyclic) bond motifs is 4. The van der Waals surface area contributed by atoms with Crippen molar-refractivity contribution in [3.8, 4) is 0 Å². The molecule has 0 aromatic rings. The van der Waals surface area contributed by atoms with Crippen molar-refractivity contribution in [2.24, 2.45) is 52.8 Å². The van der Waals surface area contributed by atoms with E-state index in [9.17, 15) is 91.0 Å². The molecule has 4 aliphatic carbocycles. The number of carbonyl (C=O) groups is 8. The van der Waals surface area contributed by atoms with Gasteiger partial charge in [0, 0.05) is 28.9 Å². The lowest BCUT2D eigenvalue weighted by Gasteiger charge is -2.26. The molecule has 0 radical (unpaired) electrons. The lowest BCUT2D eigenvalue weighted by Crippen LogP contribution is -2.41. The summed E-state index contributed by atoms with van der Waals surface area (Å²) in [6, 6.07) is 0. The van der Waals surface area contributed by atoms with Crippen molar-refractivity contribution in [1.82, 2.24) is 0 Å². The van der Waals surface area contributed by atoms with Crippen molar-refractivity contribution < 1.29 is 134 Å². The van der Waals surface area contributed by atoms with E-state index in [2.05, 4.69) is 26.3 Å². The highest BCUT2D eigenvalue weighted by molar-refractivity contribution is 8.01. The topological polar surface area (TPSA) is 220 Å². The molecule has 0 aromatic carbocycles. The van der Waals surface area contributed by atoms with E-state index in [1.807, 2.05) is 13.8 Å². The van der Waals surface area contributed by atoms with Crippen molar-refractivity contribution in [3.05, 3.63) is 48.6 Å².